The highest BCUT2D eigenvalue weighted by molar-refractivity contribution is 7.90. The van der Waals surface area contributed by atoms with Gasteiger partial charge in [0.15, 0.2) is 5.82 Å². The first-order valence-electron chi connectivity index (χ1n) is 6.89. The monoisotopic (exact) mass is 324 g/mol. The second-order valence-corrected chi connectivity index (χ2v) is 7.34. The maximum absolute atomic E-state index is 11.6. The maximum Gasteiger partial charge on any atom is 0.247 e. The van der Waals surface area contributed by atoms with E-state index in [-0.39, 0.29) is 17.3 Å². The number of anilines is 1. The number of ether oxygens (including phenoxy) is 1. The topological polar surface area (TPSA) is 94.1 Å². The minimum atomic E-state index is -3.47. The Kier molecular flexibility index (Phi) is 4.62. The molecule has 0 spiro atoms. The standard InChI is InChI=1S/C14H20N4O3S/c1-8(2)16-13-12-10(6-11(17-13)9(3)21-4)7-15-14(18-12)22(5,19)20/h6-9H,1-5H3,(H,16,17)/t9-/m1/s1. The van der Waals surface area contributed by atoms with Crippen LogP contribution in [0.15, 0.2) is 17.4 Å². The molecule has 8 heteroatoms. The van der Waals surface area contributed by atoms with Crippen molar-refractivity contribution in [1.82, 2.24) is 15.0 Å². The van der Waals surface area contributed by atoms with E-state index in [1.54, 1.807) is 13.2 Å². The lowest BCUT2D eigenvalue weighted by Gasteiger charge is -2.16. The predicted octanol–water partition coefficient (Wildman–Crippen LogP) is 1.96. The van der Waals surface area contributed by atoms with E-state index in [4.69, 9.17) is 4.74 Å². The molecule has 0 amide bonds. The van der Waals surface area contributed by atoms with Crippen LogP contribution in [0.3, 0.4) is 0 Å². The number of hydrogen-bond acceptors (Lipinski definition) is 7. The van der Waals surface area contributed by atoms with Crippen molar-refractivity contribution >= 4 is 26.6 Å². The SMILES string of the molecule is CO[C@H](C)c1cc2cnc(S(C)(=O)=O)nc2c(NC(C)C)n1. The third kappa shape index (κ3) is 3.50. The summed E-state index contributed by atoms with van der Waals surface area (Å²) in [5.41, 5.74) is 1.21. The number of aromatic nitrogens is 3. The summed E-state index contributed by atoms with van der Waals surface area (Å²) in [6, 6.07) is 1.93. The molecule has 1 atom stereocenters. The minimum Gasteiger partial charge on any atom is -0.375 e. The molecule has 0 radical (unpaired) electrons. The van der Waals surface area contributed by atoms with Crippen LogP contribution in [-0.4, -0.2) is 42.8 Å². The van der Waals surface area contributed by atoms with Gasteiger partial charge < -0.3 is 10.1 Å². The number of pyridine rings is 1. The Labute approximate surface area is 130 Å². The second-order valence-electron chi connectivity index (χ2n) is 5.44. The summed E-state index contributed by atoms with van der Waals surface area (Å²) in [6.45, 7) is 5.83. The molecular formula is C14H20N4O3S. The van der Waals surface area contributed by atoms with Crippen LogP contribution in [0.2, 0.25) is 0 Å². The normalized spacial score (nSPS) is 13.5. The first-order chi connectivity index (χ1) is 10.2. The molecule has 7 nitrogen and oxygen atoms in total. The van der Waals surface area contributed by atoms with Crippen LogP contribution in [0, 0.1) is 0 Å². The summed E-state index contributed by atoms with van der Waals surface area (Å²) in [6.07, 6.45) is 2.39. The third-order valence-electron chi connectivity index (χ3n) is 3.09. The number of fused-ring (bicyclic) bond motifs is 1. The molecule has 1 N–H and O–H groups in total. The summed E-state index contributed by atoms with van der Waals surface area (Å²) in [7, 11) is -1.87. The number of rotatable bonds is 5. The van der Waals surface area contributed by atoms with Gasteiger partial charge in [0.05, 0.1) is 11.8 Å². The molecule has 0 fully saturated rings. The smallest absolute Gasteiger partial charge is 0.247 e. The van der Waals surface area contributed by atoms with Gasteiger partial charge in [-0.3, -0.25) is 0 Å². The highest BCUT2D eigenvalue weighted by Gasteiger charge is 2.17. The van der Waals surface area contributed by atoms with E-state index in [0.29, 0.717) is 16.7 Å². The van der Waals surface area contributed by atoms with Crippen molar-refractivity contribution in [3.05, 3.63) is 18.0 Å². The van der Waals surface area contributed by atoms with Gasteiger partial charge in [0.25, 0.3) is 0 Å². The fourth-order valence-electron chi connectivity index (χ4n) is 1.93. The molecule has 0 aliphatic carbocycles. The minimum absolute atomic E-state index is 0.125. The zero-order valence-electron chi connectivity index (χ0n) is 13.3. The number of hydrogen-bond donors (Lipinski definition) is 1. The van der Waals surface area contributed by atoms with E-state index in [9.17, 15) is 8.42 Å². The summed E-state index contributed by atoms with van der Waals surface area (Å²) in [4.78, 5) is 12.6. The van der Waals surface area contributed by atoms with Crippen molar-refractivity contribution in [1.29, 1.82) is 0 Å². The Morgan fingerprint density at radius 3 is 2.45 bits per heavy atom. The Morgan fingerprint density at radius 1 is 1.23 bits per heavy atom. The molecule has 0 aromatic carbocycles. The third-order valence-corrected chi connectivity index (χ3v) is 3.95. The van der Waals surface area contributed by atoms with E-state index < -0.39 is 9.84 Å². The van der Waals surface area contributed by atoms with Crippen LogP contribution in [0.1, 0.15) is 32.6 Å². The average Bonchev–Trinajstić information content (AvgIpc) is 2.44. The number of methoxy groups -OCH3 is 1. The molecule has 2 heterocycles. The van der Waals surface area contributed by atoms with Gasteiger partial charge >= 0.3 is 0 Å². The van der Waals surface area contributed by atoms with Gasteiger partial charge in [-0.15, -0.1) is 0 Å². The van der Waals surface area contributed by atoms with Crippen LogP contribution >= 0.6 is 0 Å². The second kappa shape index (κ2) is 6.13. The molecule has 22 heavy (non-hydrogen) atoms. The predicted molar refractivity (Wildman–Crippen MR) is 84.6 cm³/mol. The number of nitrogens with one attached hydrogen (secondary N) is 1. The van der Waals surface area contributed by atoms with Crippen molar-refractivity contribution in [2.24, 2.45) is 0 Å². The fourth-order valence-corrected chi connectivity index (χ4v) is 2.43. The van der Waals surface area contributed by atoms with Gasteiger partial charge in [-0.25, -0.2) is 23.4 Å². The molecule has 120 valence electrons. The molecule has 0 saturated carbocycles. The lowest BCUT2D eigenvalue weighted by Crippen LogP contribution is -2.14. The van der Waals surface area contributed by atoms with Crippen molar-refractivity contribution in [2.45, 2.75) is 38.1 Å². The van der Waals surface area contributed by atoms with Crippen LogP contribution in [0.4, 0.5) is 5.82 Å². The molecule has 0 aliphatic rings. The summed E-state index contributed by atoms with van der Waals surface area (Å²) < 4.78 is 28.6. The van der Waals surface area contributed by atoms with Crippen molar-refractivity contribution in [2.75, 3.05) is 18.7 Å². The van der Waals surface area contributed by atoms with E-state index >= 15 is 0 Å². The molecule has 0 aliphatic heterocycles. The van der Waals surface area contributed by atoms with Crippen LogP contribution in [0.5, 0.6) is 0 Å². The van der Waals surface area contributed by atoms with Gasteiger partial charge in [-0.2, -0.15) is 0 Å². The van der Waals surface area contributed by atoms with Crippen molar-refractivity contribution in [3.8, 4) is 0 Å². The zero-order valence-corrected chi connectivity index (χ0v) is 14.1. The lowest BCUT2D eigenvalue weighted by molar-refractivity contribution is 0.116. The van der Waals surface area contributed by atoms with Gasteiger partial charge in [-0.05, 0) is 26.8 Å². The quantitative estimate of drug-likeness (QED) is 0.840. The Hall–Kier alpha value is -1.80. The van der Waals surface area contributed by atoms with Crippen LogP contribution in [-0.2, 0) is 14.6 Å². The summed E-state index contributed by atoms with van der Waals surface area (Å²) in [5.74, 6) is 0.527. The van der Waals surface area contributed by atoms with Crippen LogP contribution in [0.25, 0.3) is 10.9 Å². The first kappa shape index (κ1) is 16.6. The average molecular weight is 324 g/mol. The maximum atomic E-state index is 11.6. The van der Waals surface area contributed by atoms with E-state index in [1.807, 2.05) is 20.8 Å². The molecule has 2 aromatic rings. The van der Waals surface area contributed by atoms with Crippen molar-refractivity contribution < 1.29 is 13.2 Å². The number of sulfone groups is 1. The highest BCUT2D eigenvalue weighted by Crippen LogP contribution is 2.25. The molecule has 0 unspecified atom stereocenters. The Bertz CT molecular complexity index is 790. The molecule has 2 aromatic heterocycles. The Balaban J connectivity index is 2.70. The highest BCUT2D eigenvalue weighted by atomic mass is 32.2. The molecule has 0 bridgehead atoms. The molecular weight excluding hydrogens is 304 g/mol. The van der Waals surface area contributed by atoms with E-state index in [1.165, 1.54) is 6.20 Å². The van der Waals surface area contributed by atoms with Gasteiger partial charge in [0.1, 0.15) is 5.52 Å². The number of nitrogens with zero attached hydrogens (tertiary/aromatic N) is 3. The fraction of sp³-hybridized carbons (Fsp3) is 0.500. The van der Waals surface area contributed by atoms with Gasteiger partial charge in [0.2, 0.25) is 15.0 Å². The first-order valence-corrected chi connectivity index (χ1v) is 8.78. The lowest BCUT2D eigenvalue weighted by atomic mass is 10.2. The van der Waals surface area contributed by atoms with Crippen LogP contribution < -0.4 is 5.32 Å². The zero-order chi connectivity index (χ0) is 16.5. The molecule has 2 rings (SSSR count). The van der Waals surface area contributed by atoms with E-state index in [0.717, 1.165) is 11.9 Å². The summed E-state index contributed by atoms with van der Waals surface area (Å²) >= 11 is 0. The van der Waals surface area contributed by atoms with E-state index in [2.05, 4.69) is 20.3 Å². The summed E-state index contributed by atoms with van der Waals surface area (Å²) in [5, 5.41) is 3.70. The largest absolute Gasteiger partial charge is 0.375 e. The Morgan fingerprint density at radius 2 is 1.91 bits per heavy atom. The van der Waals surface area contributed by atoms with Crippen molar-refractivity contribution in [3.63, 3.8) is 0 Å². The molecule has 0 saturated heterocycles. The van der Waals surface area contributed by atoms with Gasteiger partial charge in [-0.1, -0.05) is 0 Å². The van der Waals surface area contributed by atoms with Gasteiger partial charge in [0, 0.05) is 31.0 Å².